The van der Waals surface area contributed by atoms with Gasteiger partial charge in [-0.1, -0.05) is 0 Å². The molecule has 1 aliphatic carbocycles. The van der Waals surface area contributed by atoms with Crippen LogP contribution in [0, 0.1) is 0 Å². The molecule has 3 nitrogen and oxygen atoms in total. The van der Waals surface area contributed by atoms with Crippen LogP contribution < -0.4 is 5.32 Å². The van der Waals surface area contributed by atoms with E-state index >= 15 is 0 Å². The summed E-state index contributed by atoms with van der Waals surface area (Å²) in [5.74, 6) is 1.10. The average Bonchev–Trinajstić information content (AvgIpc) is 2.89. The second kappa shape index (κ2) is 3.94. The van der Waals surface area contributed by atoms with Gasteiger partial charge >= 0.3 is 0 Å². The van der Waals surface area contributed by atoms with Gasteiger partial charge in [-0.2, -0.15) is 5.10 Å². The molecule has 0 radical (unpaired) electrons. The van der Waals surface area contributed by atoms with E-state index in [0.717, 1.165) is 5.82 Å². The Morgan fingerprint density at radius 2 is 2.44 bits per heavy atom. The van der Waals surface area contributed by atoms with E-state index in [4.69, 9.17) is 0 Å². The highest BCUT2D eigenvalue weighted by Crippen LogP contribution is 2.35. The maximum absolute atomic E-state index is 4.18. The number of hydrogen-bond acceptors (Lipinski definition) is 3. The van der Waals surface area contributed by atoms with Gasteiger partial charge in [-0.3, -0.25) is 4.68 Å². The van der Waals surface area contributed by atoms with E-state index in [1.807, 2.05) is 35.3 Å². The van der Waals surface area contributed by atoms with Crippen LogP contribution in [0.25, 0.3) is 0 Å². The summed E-state index contributed by atoms with van der Waals surface area (Å²) in [6, 6.07) is 4.75. The first-order valence-corrected chi connectivity index (χ1v) is 6.53. The fourth-order valence-corrected chi connectivity index (χ4v) is 3.32. The van der Waals surface area contributed by atoms with Crippen molar-refractivity contribution in [3.05, 3.63) is 34.2 Å². The molecular weight excluding hydrogens is 218 g/mol. The maximum atomic E-state index is 4.18. The summed E-state index contributed by atoms with van der Waals surface area (Å²) < 4.78 is 1.89. The molecule has 84 valence electrons. The Morgan fingerprint density at radius 1 is 1.50 bits per heavy atom. The van der Waals surface area contributed by atoms with Crippen molar-refractivity contribution in [1.29, 1.82) is 0 Å². The summed E-state index contributed by atoms with van der Waals surface area (Å²) in [6.07, 6.45) is 5.58. The Bertz CT molecular complexity index is 486. The molecule has 0 saturated heterocycles. The van der Waals surface area contributed by atoms with Crippen LogP contribution in [0.1, 0.15) is 29.3 Å². The van der Waals surface area contributed by atoms with Crippen molar-refractivity contribution in [3.63, 3.8) is 0 Å². The van der Waals surface area contributed by atoms with Crippen LogP contribution in [-0.4, -0.2) is 9.78 Å². The zero-order valence-corrected chi connectivity index (χ0v) is 10.1. The number of anilines is 1. The van der Waals surface area contributed by atoms with Crippen molar-refractivity contribution in [1.82, 2.24) is 9.78 Å². The monoisotopic (exact) mass is 233 g/mol. The lowest BCUT2D eigenvalue weighted by molar-refractivity contribution is 0.600. The third-order valence-corrected chi connectivity index (χ3v) is 4.19. The van der Waals surface area contributed by atoms with Gasteiger partial charge in [0.05, 0.1) is 12.2 Å². The maximum Gasteiger partial charge on any atom is 0.124 e. The van der Waals surface area contributed by atoms with E-state index in [2.05, 4.69) is 21.9 Å². The Hall–Kier alpha value is -1.29. The third-order valence-electron chi connectivity index (χ3n) is 3.19. The number of hydrogen-bond donors (Lipinski definition) is 1. The summed E-state index contributed by atoms with van der Waals surface area (Å²) in [4.78, 5) is 1.55. The SMILES string of the molecule is Cn1nccc1NC1CCCc2sccc21. The molecule has 0 fully saturated rings. The normalized spacial score (nSPS) is 19.4. The van der Waals surface area contributed by atoms with Crippen LogP contribution in [0.3, 0.4) is 0 Å². The van der Waals surface area contributed by atoms with Gasteiger partial charge in [-0.25, -0.2) is 0 Å². The molecule has 0 spiro atoms. The predicted octanol–water partition coefficient (Wildman–Crippen LogP) is 2.97. The molecule has 0 amide bonds. The zero-order valence-electron chi connectivity index (χ0n) is 9.31. The van der Waals surface area contributed by atoms with Crippen LogP contribution in [0.2, 0.25) is 0 Å². The van der Waals surface area contributed by atoms with Crippen LogP contribution in [0.5, 0.6) is 0 Å². The lowest BCUT2D eigenvalue weighted by Gasteiger charge is -2.24. The standard InChI is InChI=1S/C12H15N3S/c1-15-12(5-7-13-15)14-10-3-2-4-11-9(10)6-8-16-11/h5-8,10,14H,2-4H2,1H3. The summed E-state index contributed by atoms with van der Waals surface area (Å²) >= 11 is 1.88. The predicted molar refractivity (Wildman–Crippen MR) is 66.8 cm³/mol. The van der Waals surface area contributed by atoms with Gasteiger partial charge < -0.3 is 5.32 Å². The van der Waals surface area contributed by atoms with Gasteiger partial charge in [0.2, 0.25) is 0 Å². The molecule has 16 heavy (non-hydrogen) atoms. The van der Waals surface area contributed by atoms with Crippen molar-refractivity contribution in [2.24, 2.45) is 7.05 Å². The topological polar surface area (TPSA) is 29.9 Å². The van der Waals surface area contributed by atoms with Gasteiger partial charge in [0.25, 0.3) is 0 Å². The zero-order chi connectivity index (χ0) is 11.0. The van der Waals surface area contributed by atoms with Crippen molar-refractivity contribution < 1.29 is 0 Å². The minimum atomic E-state index is 0.463. The van der Waals surface area contributed by atoms with Crippen LogP contribution in [-0.2, 0) is 13.5 Å². The van der Waals surface area contributed by atoms with E-state index in [-0.39, 0.29) is 0 Å². The van der Waals surface area contributed by atoms with Crippen LogP contribution in [0.4, 0.5) is 5.82 Å². The van der Waals surface area contributed by atoms with E-state index in [0.29, 0.717) is 6.04 Å². The smallest absolute Gasteiger partial charge is 0.124 e. The molecule has 1 unspecified atom stereocenters. The molecule has 1 N–H and O–H groups in total. The first kappa shape index (κ1) is 9.90. The van der Waals surface area contributed by atoms with Gasteiger partial charge in [0.1, 0.15) is 5.82 Å². The highest BCUT2D eigenvalue weighted by atomic mass is 32.1. The Balaban J connectivity index is 1.85. The quantitative estimate of drug-likeness (QED) is 0.864. The van der Waals surface area contributed by atoms with Crippen molar-refractivity contribution in [2.75, 3.05) is 5.32 Å². The molecule has 2 aromatic rings. The fraction of sp³-hybridized carbons (Fsp3) is 0.417. The molecule has 2 aromatic heterocycles. The second-order valence-electron chi connectivity index (χ2n) is 4.23. The minimum Gasteiger partial charge on any atom is -0.363 e. The molecule has 1 aliphatic rings. The number of rotatable bonds is 2. The lowest BCUT2D eigenvalue weighted by atomic mass is 9.94. The second-order valence-corrected chi connectivity index (χ2v) is 5.23. The first-order valence-electron chi connectivity index (χ1n) is 5.65. The summed E-state index contributed by atoms with van der Waals surface area (Å²) in [5.41, 5.74) is 1.48. The average molecular weight is 233 g/mol. The molecule has 1 atom stereocenters. The Kier molecular flexibility index (Phi) is 2.44. The van der Waals surface area contributed by atoms with Crippen molar-refractivity contribution in [3.8, 4) is 0 Å². The number of nitrogens with one attached hydrogen (secondary N) is 1. The van der Waals surface area contributed by atoms with Gasteiger partial charge in [0.15, 0.2) is 0 Å². The first-order chi connectivity index (χ1) is 7.84. The van der Waals surface area contributed by atoms with Crippen molar-refractivity contribution >= 4 is 17.2 Å². The lowest BCUT2D eigenvalue weighted by Crippen LogP contribution is -2.17. The molecule has 0 aromatic carbocycles. The third kappa shape index (κ3) is 1.63. The molecule has 4 heteroatoms. The van der Waals surface area contributed by atoms with Crippen molar-refractivity contribution in [2.45, 2.75) is 25.3 Å². The van der Waals surface area contributed by atoms with E-state index in [1.165, 1.54) is 24.8 Å². The van der Waals surface area contributed by atoms with Crippen LogP contribution in [0.15, 0.2) is 23.7 Å². The highest BCUT2D eigenvalue weighted by molar-refractivity contribution is 7.10. The summed E-state index contributed by atoms with van der Waals surface area (Å²) in [7, 11) is 1.97. The minimum absolute atomic E-state index is 0.463. The molecular formula is C12H15N3S. The summed E-state index contributed by atoms with van der Waals surface area (Å²) in [5, 5.41) is 9.96. The van der Waals surface area contributed by atoms with E-state index < -0.39 is 0 Å². The Labute approximate surface area is 99.1 Å². The molecule has 3 rings (SSSR count). The molecule has 0 saturated carbocycles. The molecule has 2 heterocycles. The number of aryl methyl sites for hydroxylation is 2. The van der Waals surface area contributed by atoms with Crippen LogP contribution >= 0.6 is 11.3 Å². The molecule has 0 bridgehead atoms. The number of thiophene rings is 1. The molecule has 0 aliphatic heterocycles. The number of fused-ring (bicyclic) bond motifs is 1. The van der Waals surface area contributed by atoms with Gasteiger partial charge in [-0.15, -0.1) is 11.3 Å². The van der Waals surface area contributed by atoms with E-state index in [1.54, 1.807) is 4.88 Å². The fourth-order valence-electron chi connectivity index (χ4n) is 2.33. The number of nitrogens with zero attached hydrogens (tertiary/aromatic N) is 2. The van der Waals surface area contributed by atoms with Gasteiger partial charge in [-0.05, 0) is 36.3 Å². The van der Waals surface area contributed by atoms with Gasteiger partial charge in [0, 0.05) is 18.0 Å². The Morgan fingerprint density at radius 3 is 3.25 bits per heavy atom. The van der Waals surface area contributed by atoms with E-state index in [9.17, 15) is 0 Å². The largest absolute Gasteiger partial charge is 0.363 e. The number of aromatic nitrogens is 2. The summed E-state index contributed by atoms with van der Waals surface area (Å²) in [6.45, 7) is 0. The highest BCUT2D eigenvalue weighted by Gasteiger charge is 2.21.